The predicted octanol–water partition coefficient (Wildman–Crippen LogP) is 3.85. The van der Waals surface area contributed by atoms with Gasteiger partial charge in [-0.3, -0.25) is 4.79 Å². The zero-order valence-electron chi connectivity index (χ0n) is 12.0. The zero-order valence-corrected chi connectivity index (χ0v) is 12.7. The molecule has 1 atom stereocenters. The molecule has 22 heavy (non-hydrogen) atoms. The van der Waals surface area contributed by atoms with Gasteiger partial charge in [0.25, 0.3) is 0 Å². The van der Waals surface area contributed by atoms with Crippen molar-refractivity contribution >= 4 is 17.9 Å². The molecule has 0 saturated carbocycles. The maximum Gasteiger partial charge on any atom is 0.179 e. The van der Waals surface area contributed by atoms with E-state index < -0.39 is 0 Å². The van der Waals surface area contributed by atoms with Crippen LogP contribution in [0.15, 0.2) is 28.8 Å². The van der Waals surface area contributed by atoms with Gasteiger partial charge in [0.2, 0.25) is 0 Å². The van der Waals surface area contributed by atoms with E-state index in [4.69, 9.17) is 25.6 Å². The maximum absolute atomic E-state index is 11.4. The summed E-state index contributed by atoms with van der Waals surface area (Å²) >= 11 is 6.14. The Bertz CT molecular complexity index is 649. The monoisotopic (exact) mass is 321 g/mol. The Morgan fingerprint density at radius 1 is 1.36 bits per heavy atom. The number of carbonyl (C=O) groups is 1. The van der Waals surface area contributed by atoms with Crippen molar-refractivity contribution < 1.29 is 18.8 Å². The molecule has 0 N–H and O–H groups in total. The second-order valence-corrected chi connectivity index (χ2v) is 5.48. The third-order valence-electron chi connectivity index (χ3n) is 3.58. The fourth-order valence-corrected chi connectivity index (χ4v) is 2.63. The number of carbonyl (C=O) groups excluding carboxylic acids is 1. The van der Waals surface area contributed by atoms with E-state index in [2.05, 4.69) is 5.16 Å². The Kier molecular flexibility index (Phi) is 4.87. The minimum Gasteiger partial charge on any atom is -0.355 e. The van der Waals surface area contributed by atoms with Crippen molar-refractivity contribution in [3.05, 3.63) is 40.5 Å². The molecule has 1 saturated heterocycles. The predicted molar refractivity (Wildman–Crippen MR) is 80.7 cm³/mol. The molecule has 2 aromatic rings. The summed E-state index contributed by atoms with van der Waals surface area (Å²) in [4.78, 5) is 11.4. The van der Waals surface area contributed by atoms with Crippen LogP contribution in [0.3, 0.4) is 0 Å². The smallest absolute Gasteiger partial charge is 0.179 e. The lowest BCUT2D eigenvalue weighted by Gasteiger charge is -2.22. The Morgan fingerprint density at radius 2 is 2.23 bits per heavy atom. The van der Waals surface area contributed by atoms with Crippen LogP contribution in [0, 0.1) is 0 Å². The van der Waals surface area contributed by atoms with Crippen LogP contribution in [0.1, 0.15) is 35.3 Å². The summed E-state index contributed by atoms with van der Waals surface area (Å²) in [6, 6.07) is 7.16. The largest absolute Gasteiger partial charge is 0.355 e. The first kappa shape index (κ1) is 15.2. The van der Waals surface area contributed by atoms with Crippen LogP contribution in [0.2, 0.25) is 5.02 Å². The fourth-order valence-electron chi connectivity index (χ4n) is 2.41. The molecule has 116 valence electrons. The molecule has 0 radical (unpaired) electrons. The van der Waals surface area contributed by atoms with E-state index in [-0.39, 0.29) is 12.9 Å². The summed E-state index contributed by atoms with van der Waals surface area (Å²) in [5.41, 5.74) is 1.46. The van der Waals surface area contributed by atoms with Gasteiger partial charge in [-0.2, -0.15) is 0 Å². The van der Waals surface area contributed by atoms with Gasteiger partial charge in [-0.15, -0.1) is 0 Å². The summed E-state index contributed by atoms with van der Waals surface area (Å²) in [5, 5.41) is 4.45. The lowest BCUT2D eigenvalue weighted by atomic mass is 10.1. The molecule has 1 unspecified atom stereocenters. The van der Waals surface area contributed by atoms with Crippen LogP contribution in [-0.4, -0.2) is 24.3 Å². The molecular formula is C16H16ClNO4. The van der Waals surface area contributed by atoms with E-state index in [0.29, 0.717) is 34.2 Å². The Balaban J connectivity index is 1.78. The van der Waals surface area contributed by atoms with Crippen LogP contribution in [0.25, 0.3) is 11.3 Å². The van der Waals surface area contributed by atoms with Crippen molar-refractivity contribution in [2.75, 3.05) is 6.61 Å². The van der Waals surface area contributed by atoms with Gasteiger partial charge in [0.05, 0.1) is 17.2 Å². The standard InChI is InChI=1S/C16H16ClNO4/c17-13-6-2-1-5-11(13)16-12(9-19)14(18-22-16)10-21-15-7-3-4-8-20-15/h1-2,5-6,9,15H,3-4,7-8,10H2. The van der Waals surface area contributed by atoms with Gasteiger partial charge in [0, 0.05) is 12.2 Å². The van der Waals surface area contributed by atoms with Crippen LogP contribution in [-0.2, 0) is 16.1 Å². The molecule has 2 heterocycles. The third-order valence-corrected chi connectivity index (χ3v) is 3.91. The minimum absolute atomic E-state index is 0.173. The van der Waals surface area contributed by atoms with E-state index in [1.165, 1.54) is 0 Å². The Labute approximate surface area is 133 Å². The number of halogens is 1. The molecule has 0 spiro atoms. The second kappa shape index (κ2) is 7.05. The number of ether oxygens (including phenoxy) is 2. The highest BCUT2D eigenvalue weighted by atomic mass is 35.5. The van der Waals surface area contributed by atoms with Gasteiger partial charge in [-0.05, 0) is 31.4 Å². The maximum atomic E-state index is 11.4. The van der Waals surface area contributed by atoms with Crippen LogP contribution >= 0.6 is 11.6 Å². The number of aromatic nitrogens is 1. The fraction of sp³-hybridized carbons (Fsp3) is 0.375. The van der Waals surface area contributed by atoms with Gasteiger partial charge in [-0.25, -0.2) is 0 Å². The molecule has 1 aromatic carbocycles. The first-order chi connectivity index (χ1) is 10.8. The molecule has 5 nitrogen and oxygen atoms in total. The van der Waals surface area contributed by atoms with E-state index in [0.717, 1.165) is 25.5 Å². The molecule has 1 fully saturated rings. The SMILES string of the molecule is O=Cc1c(COC2CCCCO2)noc1-c1ccccc1Cl. The number of aldehydes is 1. The van der Waals surface area contributed by atoms with Gasteiger partial charge in [-0.1, -0.05) is 28.9 Å². The highest BCUT2D eigenvalue weighted by Gasteiger charge is 2.21. The highest BCUT2D eigenvalue weighted by Crippen LogP contribution is 2.31. The van der Waals surface area contributed by atoms with Crippen molar-refractivity contribution in [2.24, 2.45) is 0 Å². The number of hydrogen-bond donors (Lipinski definition) is 0. The average molecular weight is 322 g/mol. The summed E-state index contributed by atoms with van der Waals surface area (Å²) < 4.78 is 16.5. The summed E-state index contributed by atoms with van der Waals surface area (Å²) in [5.74, 6) is 0.365. The third kappa shape index (κ3) is 3.21. The van der Waals surface area contributed by atoms with E-state index in [1.54, 1.807) is 12.1 Å². The van der Waals surface area contributed by atoms with Crippen molar-refractivity contribution in [1.29, 1.82) is 0 Å². The van der Waals surface area contributed by atoms with Crippen molar-refractivity contribution in [2.45, 2.75) is 32.2 Å². The first-order valence-corrected chi connectivity index (χ1v) is 7.59. The average Bonchev–Trinajstić information content (AvgIpc) is 2.97. The summed E-state index contributed by atoms with van der Waals surface area (Å²) in [7, 11) is 0. The quantitative estimate of drug-likeness (QED) is 0.783. The van der Waals surface area contributed by atoms with Crippen LogP contribution in [0.5, 0.6) is 0 Å². The second-order valence-electron chi connectivity index (χ2n) is 5.08. The molecule has 6 heteroatoms. The normalized spacial score (nSPS) is 18.3. The summed E-state index contributed by atoms with van der Waals surface area (Å²) in [6.45, 7) is 0.877. The molecule has 3 rings (SSSR count). The lowest BCUT2D eigenvalue weighted by Crippen LogP contribution is -2.22. The van der Waals surface area contributed by atoms with E-state index >= 15 is 0 Å². The van der Waals surface area contributed by atoms with Crippen molar-refractivity contribution in [3.8, 4) is 11.3 Å². The Morgan fingerprint density at radius 3 is 2.95 bits per heavy atom. The first-order valence-electron chi connectivity index (χ1n) is 7.21. The van der Waals surface area contributed by atoms with E-state index in [1.807, 2.05) is 12.1 Å². The van der Waals surface area contributed by atoms with Gasteiger partial charge in [0.15, 0.2) is 18.3 Å². The minimum atomic E-state index is -0.242. The number of benzene rings is 1. The Hall–Kier alpha value is -1.69. The number of hydrogen-bond acceptors (Lipinski definition) is 5. The molecule has 1 aromatic heterocycles. The highest BCUT2D eigenvalue weighted by molar-refractivity contribution is 6.33. The number of rotatable bonds is 5. The van der Waals surface area contributed by atoms with Crippen LogP contribution in [0.4, 0.5) is 0 Å². The molecule has 1 aliphatic rings. The molecule has 1 aliphatic heterocycles. The van der Waals surface area contributed by atoms with Gasteiger partial charge >= 0.3 is 0 Å². The number of nitrogens with zero attached hydrogens (tertiary/aromatic N) is 1. The van der Waals surface area contributed by atoms with Crippen molar-refractivity contribution in [1.82, 2.24) is 5.16 Å². The van der Waals surface area contributed by atoms with Crippen molar-refractivity contribution in [3.63, 3.8) is 0 Å². The summed E-state index contributed by atoms with van der Waals surface area (Å²) in [6.07, 6.45) is 3.46. The molecule has 0 amide bonds. The molecule has 0 aliphatic carbocycles. The van der Waals surface area contributed by atoms with Gasteiger partial charge in [0.1, 0.15) is 5.69 Å². The zero-order chi connectivity index (χ0) is 15.4. The lowest BCUT2D eigenvalue weighted by molar-refractivity contribution is -0.169. The van der Waals surface area contributed by atoms with Gasteiger partial charge < -0.3 is 14.0 Å². The molecule has 0 bridgehead atoms. The topological polar surface area (TPSA) is 61.6 Å². The van der Waals surface area contributed by atoms with E-state index in [9.17, 15) is 4.79 Å². The molecular weight excluding hydrogens is 306 g/mol. The van der Waals surface area contributed by atoms with Crippen LogP contribution < -0.4 is 0 Å².